The van der Waals surface area contributed by atoms with Crippen LogP contribution in [-0.4, -0.2) is 55.6 Å². The second kappa shape index (κ2) is 6.86. The van der Waals surface area contributed by atoms with E-state index in [1.54, 1.807) is 13.8 Å². The molecule has 0 unspecified atom stereocenters. The Morgan fingerprint density at radius 3 is 2.38 bits per heavy atom. The van der Waals surface area contributed by atoms with Crippen LogP contribution in [-0.2, 0) is 42.9 Å². The number of ether oxygens (including phenoxy) is 5. The molecule has 0 aromatic carbocycles. The highest BCUT2D eigenvalue weighted by atomic mass is 16.7. The molecule has 3 atom stereocenters. The summed E-state index contributed by atoms with van der Waals surface area (Å²) < 4.78 is 26.6. The van der Waals surface area contributed by atoms with Crippen LogP contribution in [0.4, 0.5) is 0 Å². The molecule has 0 saturated carbocycles. The molecule has 0 N–H and O–H groups in total. The van der Waals surface area contributed by atoms with E-state index in [0.29, 0.717) is 6.42 Å². The molecule has 0 aliphatic carbocycles. The van der Waals surface area contributed by atoms with Crippen LogP contribution in [0, 0.1) is 11.3 Å². The van der Waals surface area contributed by atoms with Crippen molar-refractivity contribution in [1.82, 2.24) is 0 Å². The fourth-order valence-corrected chi connectivity index (χ4v) is 3.96. The SMILES string of the molecule is CCOC(=O)C1(C(=O)OCC)CC(=O)O[C@@]2(C1)OCC[C@H]1OC(=O)C[C@H]12. The minimum Gasteiger partial charge on any atom is -0.465 e. The monoisotopic (exact) mass is 370 g/mol. The van der Waals surface area contributed by atoms with Gasteiger partial charge in [-0.15, -0.1) is 0 Å². The first-order valence-electron chi connectivity index (χ1n) is 8.76. The lowest BCUT2D eigenvalue weighted by Crippen LogP contribution is -2.62. The van der Waals surface area contributed by atoms with Crippen LogP contribution >= 0.6 is 0 Å². The van der Waals surface area contributed by atoms with Crippen molar-refractivity contribution in [3.05, 3.63) is 0 Å². The molecule has 3 rings (SSSR count). The summed E-state index contributed by atoms with van der Waals surface area (Å²) in [5.74, 6) is -5.10. The highest BCUT2D eigenvalue weighted by molar-refractivity contribution is 6.03. The van der Waals surface area contributed by atoms with Crippen LogP contribution in [0.3, 0.4) is 0 Å². The van der Waals surface area contributed by atoms with Gasteiger partial charge in [-0.25, -0.2) is 0 Å². The van der Waals surface area contributed by atoms with E-state index in [4.69, 9.17) is 23.7 Å². The molecule has 9 heteroatoms. The van der Waals surface area contributed by atoms with Crippen LogP contribution in [0.15, 0.2) is 0 Å². The molecule has 0 aromatic rings. The van der Waals surface area contributed by atoms with Crippen LogP contribution in [0.1, 0.15) is 39.5 Å². The number of carbonyl (C=O) groups excluding carboxylic acids is 4. The summed E-state index contributed by atoms with van der Waals surface area (Å²) in [6.45, 7) is 3.45. The first-order chi connectivity index (χ1) is 12.4. The van der Waals surface area contributed by atoms with Crippen molar-refractivity contribution in [2.75, 3.05) is 19.8 Å². The molecule has 0 aromatic heterocycles. The molecule has 9 nitrogen and oxygen atoms in total. The van der Waals surface area contributed by atoms with Gasteiger partial charge in [-0.1, -0.05) is 0 Å². The maximum Gasteiger partial charge on any atom is 0.324 e. The van der Waals surface area contributed by atoms with E-state index in [2.05, 4.69) is 0 Å². The van der Waals surface area contributed by atoms with E-state index in [-0.39, 0.29) is 32.7 Å². The third-order valence-corrected chi connectivity index (χ3v) is 5.05. The van der Waals surface area contributed by atoms with Crippen molar-refractivity contribution in [2.45, 2.75) is 51.4 Å². The van der Waals surface area contributed by atoms with Crippen molar-refractivity contribution in [2.24, 2.45) is 11.3 Å². The number of esters is 4. The van der Waals surface area contributed by atoms with Gasteiger partial charge in [0.05, 0.1) is 38.6 Å². The molecular weight excluding hydrogens is 348 g/mol. The number of carbonyl (C=O) groups is 4. The van der Waals surface area contributed by atoms with Crippen LogP contribution in [0.2, 0.25) is 0 Å². The predicted octanol–water partition coefficient (Wildman–Crippen LogP) is 0.484. The number of hydrogen-bond donors (Lipinski definition) is 0. The third kappa shape index (κ3) is 2.94. The molecule has 144 valence electrons. The van der Waals surface area contributed by atoms with Crippen molar-refractivity contribution in [3.63, 3.8) is 0 Å². The summed E-state index contributed by atoms with van der Waals surface area (Å²) in [7, 11) is 0. The average Bonchev–Trinajstić information content (AvgIpc) is 2.97. The molecule has 3 aliphatic rings. The number of hydrogen-bond acceptors (Lipinski definition) is 9. The van der Waals surface area contributed by atoms with E-state index in [9.17, 15) is 19.2 Å². The Balaban J connectivity index is 2.00. The molecular formula is C17H22O9. The maximum absolute atomic E-state index is 12.7. The van der Waals surface area contributed by atoms with Crippen LogP contribution in [0.5, 0.6) is 0 Å². The lowest BCUT2D eigenvalue weighted by Gasteiger charge is -2.48. The van der Waals surface area contributed by atoms with Gasteiger partial charge < -0.3 is 23.7 Å². The smallest absolute Gasteiger partial charge is 0.324 e. The van der Waals surface area contributed by atoms with E-state index in [1.165, 1.54) is 0 Å². The van der Waals surface area contributed by atoms with Gasteiger partial charge in [-0.05, 0) is 13.8 Å². The van der Waals surface area contributed by atoms with Gasteiger partial charge in [0.25, 0.3) is 0 Å². The molecule has 3 heterocycles. The first kappa shape index (κ1) is 18.6. The predicted molar refractivity (Wildman–Crippen MR) is 82.3 cm³/mol. The minimum absolute atomic E-state index is 0.0142. The second-order valence-corrected chi connectivity index (χ2v) is 6.64. The van der Waals surface area contributed by atoms with Crippen molar-refractivity contribution in [1.29, 1.82) is 0 Å². The Bertz CT molecular complexity index is 610. The summed E-state index contributed by atoms with van der Waals surface area (Å²) >= 11 is 0. The summed E-state index contributed by atoms with van der Waals surface area (Å²) in [6, 6.07) is 0. The summed E-state index contributed by atoms with van der Waals surface area (Å²) in [5.41, 5.74) is -1.87. The normalized spacial score (nSPS) is 32.4. The van der Waals surface area contributed by atoms with Gasteiger partial charge in [-0.3, -0.25) is 19.2 Å². The number of rotatable bonds is 4. The first-order valence-corrected chi connectivity index (χ1v) is 8.76. The molecule has 3 saturated heterocycles. The Morgan fingerprint density at radius 1 is 1.12 bits per heavy atom. The van der Waals surface area contributed by atoms with Crippen molar-refractivity contribution < 1.29 is 42.9 Å². The van der Waals surface area contributed by atoms with E-state index >= 15 is 0 Å². The summed E-state index contributed by atoms with van der Waals surface area (Å²) in [5, 5.41) is 0. The Labute approximate surface area is 150 Å². The van der Waals surface area contributed by atoms with Crippen molar-refractivity contribution in [3.8, 4) is 0 Å². The summed E-state index contributed by atoms with van der Waals surface area (Å²) in [6.07, 6.45) is -0.797. The van der Waals surface area contributed by atoms with E-state index in [1.807, 2.05) is 0 Å². The topological polar surface area (TPSA) is 114 Å². The lowest BCUT2D eigenvalue weighted by atomic mass is 9.70. The van der Waals surface area contributed by atoms with Gasteiger partial charge in [0.1, 0.15) is 6.10 Å². The highest BCUT2D eigenvalue weighted by Gasteiger charge is 2.66. The van der Waals surface area contributed by atoms with Gasteiger partial charge in [-0.2, -0.15) is 0 Å². The second-order valence-electron chi connectivity index (χ2n) is 6.64. The number of fused-ring (bicyclic) bond motifs is 2. The summed E-state index contributed by atoms with van der Waals surface area (Å²) in [4.78, 5) is 49.5. The van der Waals surface area contributed by atoms with E-state index in [0.717, 1.165) is 0 Å². The Morgan fingerprint density at radius 2 is 1.77 bits per heavy atom. The van der Waals surface area contributed by atoms with Crippen molar-refractivity contribution >= 4 is 23.9 Å². The molecule has 0 bridgehead atoms. The molecule has 26 heavy (non-hydrogen) atoms. The average molecular weight is 370 g/mol. The van der Waals surface area contributed by atoms with Crippen LogP contribution in [0.25, 0.3) is 0 Å². The lowest BCUT2D eigenvalue weighted by molar-refractivity contribution is -0.306. The quantitative estimate of drug-likeness (QED) is 0.396. The standard InChI is InChI=1S/C17H22O9/c1-3-22-14(20)16(15(21)23-4-2)8-13(19)26-17(9-16)10-7-12(18)25-11(10)5-6-24-17/h10-11H,3-9H2,1-2H3/t10-,11-,17-/m1/s1. The highest BCUT2D eigenvalue weighted by Crippen LogP contribution is 2.51. The zero-order chi connectivity index (χ0) is 18.9. The molecule has 3 fully saturated rings. The molecule has 1 spiro atoms. The van der Waals surface area contributed by atoms with E-state index < -0.39 is 53.5 Å². The van der Waals surface area contributed by atoms with Gasteiger partial charge in [0.2, 0.25) is 5.79 Å². The fourth-order valence-electron chi connectivity index (χ4n) is 3.96. The Hall–Kier alpha value is -2.16. The van der Waals surface area contributed by atoms with Crippen LogP contribution < -0.4 is 0 Å². The molecule has 0 amide bonds. The minimum atomic E-state index is -1.87. The largest absolute Gasteiger partial charge is 0.465 e. The fraction of sp³-hybridized carbons (Fsp3) is 0.765. The van der Waals surface area contributed by atoms with Gasteiger partial charge in [0.15, 0.2) is 5.41 Å². The van der Waals surface area contributed by atoms with Gasteiger partial charge >= 0.3 is 23.9 Å². The Kier molecular flexibility index (Phi) is 4.92. The molecule has 0 radical (unpaired) electrons. The third-order valence-electron chi connectivity index (χ3n) is 5.05. The van der Waals surface area contributed by atoms with Gasteiger partial charge in [0, 0.05) is 12.8 Å². The zero-order valence-electron chi connectivity index (χ0n) is 14.8. The zero-order valence-corrected chi connectivity index (χ0v) is 14.8. The maximum atomic E-state index is 12.7. The molecule has 3 aliphatic heterocycles.